The van der Waals surface area contributed by atoms with Crippen molar-refractivity contribution in [2.45, 2.75) is 19.0 Å². The van der Waals surface area contributed by atoms with Gasteiger partial charge in [0.1, 0.15) is 12.3 Å². The zero-order valence-corrected chi connectivity index (χ0v) is 22.1. The van der Waals surface area contributed by atoms with Gasteiger partial charge in [0, 0.05) is 30.6 Å². The van der Waals surface area contributed by atoms with Crippen LogP contribution < -0.4 is 10.6 Å². The lowest BCUT2D eigenvalue weighted by Crippen LogP contribution is -2.45. The molecule has 2 aromatic carbocycles. The van der Waals surface area contributed by atoms with Crippen molar-refractivity contribution in [3.05, 3.63) is 85.2 Å². The Morgan fingerprint density at radius 1 is 1.18 bits per heavy atom. The molecule has 0 saturated carbocycles. The molecule has 0 radical (unpaired) electrons. The number of aromatic nitrogens is 2. The Kier molecular flexibility index (Phi) is 7.46. The molecule has 4 aromatic rings. The van der Waals surface area contributed by atoms with E-state index in [0.29, 0.717) is 29.7 Å². The number of aldehydes is 1. The number of benzene rings is 2. The highest BCUT2D eigenvalue weighted by molar-refractivity contribution is 7.12. The molecule has 1 atom stereocenters. The van der Waals surface area contributed by atoms with Crippen molar-refractivity contribution in [1.82, 2.24) is 25.7 Å². The first kappa shape index (κ1) is 25.9. The Morgan fingerprint density at radius 3 is 2.79 bits per heavy atom. The standard InChI is InChI=1S/C26H21Cl2N5O4S/c27-19-8-16-12-33(26(37)14-3-4-15-10-30-32-20(15)9-14)6-5-18(16)23(28)22(19)25(36)31-17(13-34)11-29-24(35)21-2-1-7-38-21/h1-4,7-10,13,17H,5-6,11-12H2,(H,29,35)(H,30,32)(H,31,36)/t17-/m0/s1. The first-order valence-electron chi connectivity index (χ1n) is 11.7. The molecule has 0 saturated heterocycles. The van der Waals surface area contributed by atoms with E-state index < -0.39 is 11.9 Å². The number of carbonyl (C=O) groups is 4. The van der Waals surface area contributed by atoms with Gasteiger partial charge in [0.2, 0.25) is 0 Å². The van der Waals surface area contributed by atoms with E-state index in [0.717, 1.165) is 22.0 Å². The van der Waals surface area contributed by atoms with Gasteiger partial charge in [-0.3, -0.25) is 19.5 Å². The Hall–Kier alpha value is -3.73. The van der Waals surface area contributed by atoms with Crippen LogP contribution in [0.4, 0.5) is 0 Å². The zero-order chi connectivity index (χ0) is 26.8. The monoisotopic (exact) mass is 569 g/mol. The minimum atomic E-state index is -0.977. The van der Waals surface area contributed by atoms with E-state index in [-0.39, 0.29) is 40.5 Å². The minimum Gasteiger partial charge on any atom is -0.349 e. The van der Waals surface area contributed by atoms with E-state index in [1.165, 1.54) is 11.3 Å². The predicted octanol–water partition coefficient (Wildman–Crippen LogP) is 3.86. The molecule has 0 unspecified atom stereocenters. The van der Waals surface area contributed by atoms with Gasteiger partial charge in [-0.05, 0) is 47.2 Å². The molecule has 0 bridgehead atoms. The first-order valence-corrected chi connectivity index (χ1v) is 13.3. The number of hydrogen-bond acceptors (Lipinski definition) is 6. The largest absolute Gasteiger partial charge is 0.349 e. The van der Waals surface area contributed by atoms with Crippen LogP contribution >= 0.6 is 34.5 Å². The molecule has 3 heterocycles. The number of hydrogen-bond donors (Lipinski definition) is 3. The van der Waals surface area contributed by atoms with Gasteiger partial charge in [-0.1, -0.05) is 35.3 Å². The fourth-order valence-corrected chi connectivity index (χ4v) is 5.76. The highest BCUT2D eigenvalue weighted by Gasteiger charge is 2.28. The van der Waals surface area contributed by atoms with Crippen LogP contribution in [-0.2, 0) is 17.8 Å². The Bertz CT molecular complexity index is 1550. The summed E-state index contributed by atoms with van der Waals surface area (Å²) in [5, 5.41) is 15.0. The van der Waals surface area contributed by atoms with Crippen molar-refractivity contribution in [1.29, 1.82) is 0 Å². The summed E-state index contributed by atoms with van der Waals surface area (Å²) >= 11 is 14.4. The van der Waals surface area contributed by atoms with Crippen LogP contribution in [0.1, 0.15) is 41.5 Å². The van der Waals surface area contributed by atoms with Crippen molar-refractivity contribution < 1.29 is 19.2 Å². The van der Waals surface area contributed by atoms with Crippen LogP contribution in [0.5, 0.6) is 0 Å². The first-order chi connectivity index (χ1) is 18.4. The van der Waals surface area contributed by atoms with Gasteiger partial charge < -0.3 is 20.3 Å². The predicted molar refractivity (Wildman–Crippen MR) is 145 cm³/mol. The fraction of sp³-hybridized carbons (Fsp3) is 0.192. The van der Waals surface area contributed by atoms with Gasteiger partial charge >= 0.3 is 0 Å². The maximum absolute atomic E-state index is 13.2. The molecule has 0 spiro atoms. The number of amides is 3. The van der Waals surface area contributed by atoms with E-state index in [9.17, 15) is 19.2 Å². The lowest BCUT2D eigenvalue weighted by molar-refractivity contribution is -0.109. The number of rotatable bonds is 7. The second-order valence-electron chi connectivity index (χ2n) is 8.74. The van der Waals surface area contributed by atoms with E-state index in [1.807, 2.05) is 6.07 Å². The molecule has 0 fully saturated rings. The highest BCUT2D eigenvalue weighted by atomic mass is 35.5. The molecule has 9 nitrogen and oxygen atoms in total. The summed E-state index contributed by atoms with van der Waals surface area (Å²) in [6, 6.07) is 9.42. The molecule has 5 rings (SSSR count). The summed E-state index contributed by atoms with van der Waals surface area (Å²) in [5.74, 6) is -1.11. The van der Waals surface area contributed by atoms with Crippen LogP contribution in [-0.4, -0.2) is 58.2 Å². The summed E-state index contributed by atoms with van der Waals surface area (Å²) in [6.45, 7) is 0.594. The van der Waals surface area contributed by atoms with Gasteiger partial charge in [0.25, 0.3) is 17.7 Å². The summed E-state index contributed by atoms with van der Waals surface area (Å²) in [7, 11) is 0. The Labute approximate surface area is 231 Å². The van der Waals surface area contributed by atoms with Crippen molar-refractivity contribution in [2.75, 3.05) is 13.1 Å². The van der Waals surface area contributed by atoms with E-state index >= 15 is 0 Å². The SMILES string of the molecule is O=C[C@H](CNC(=O)c1cccs1)NC(=O)c1c(Cl)cc2c(c1Cl)CCN(C(=O)c1ccc3cn[nH]c3c1)C2. The molecular formula is C26H21Cl2N5O4S. The average Bonchev–Trinajstić information content (AvgIpc) is 3.62. The minimum absolute atomic E-state index is 0.0491. The number of carbonyl (C=O) groups excluding carboxylic acids is 4. The summed E-state index contributed by atoms with van der Waals surface area (Å²) in [4.78, 5) is 52.1. The van der Waals surface area contributed by atoms with Crippen molar-refractivity contribution in [3.8, 4) is 0 Å². The maximum atomic E-state index is 13.2. The van der Waals surface area contributed by atoms with Crippen LogP contribution in [0.3, 0.4) is 0 Å². The third-order valence-corrected chi connectivity index (χ3v) is 7.90. The van der Waals surface area contributed by atoms with Gasteiger partial charge in [-0.15, -0.1) is 11.3 Å². The summed E-state index contributed by atoms with van der Waals surface area (Å²) in [5.41, 5.74) is 2.82. The smallest absolute Gasteiger partial charge is 0.261 e. The van der Waals surface area contributed by atoms with Gasteiger partial charge in [-0.2, -0.15) is 5.10 Å². The summed E-state index contributed by atoms with van der Waals surface area (Å²) < 4.78 is 0. The van der Waals surface area contributed by atoms with Crippen molar-refractivity contribution in [2.24, 2.45) is 0 Å². The lowest BCUT2D eigenvalue weighted by Gasteiger charge is -2.30. The van der Waals surface area contributed by atoms with Gasteiger partial charge in [0.05, 0.1) is 32.2 Å². The summed E-state index contributed by atoms with van der Waals surface area (Å²) in [6.07, 6.45) is 2.66. The second-order valence-corrected chi connectivity index (χ2v) is 10.5. The zero-order valence-electron chi connectivity index (χ0n) is 19.8. The Morgan fingerprint density at radius 2 is 2.03 bits per heavy atom. The van der Waals surface area contributed by atoms with Crippen LogP contribution in [0.15, 0.2) is 48.0 Å². The third-order valence-electron chi connectivity index (χ3n) is 6.32. The van der Waals surface area contributed by atoms with E-state index in [4.69, 9.17) is 23.2 Å². The molecule has 0 aliphatic carbocycles. The van der Waals surface area contributed by atoms with E-state index in [2.05, 4.69) is 20.8 Å². The molecule has 12 heteroatoms. The van der Waals surface area contributed by atoms with Crippen molar-refractivity contribution in [3.63, 3.8) is 0 Å². The number of nitrogens with zero attached hydrogens (tertiary/aromatic N) is 2. The second kappa shape index (κ2) is 10.9. The number of aromatic amines is 1. The molecule has 3 amide bonds. The van der Waals surface area contributed by atoms with E-state index in [1.54, 1.807) is 46.8 Å². The van der Waals surface area contributed by atoms with Crippen LogP contribution in [0, 0.1) is 0 Å². The van der Waals surface area contributed by atoms with Gasteiger partial charge in [0.15, 0.2) is 0 Å². The van der Waals surface area contributed by atoms with Gasteiger partial charge in [-0.25, -0.2) is 0 Å². The number of fused-ring (bicyclic) bond motifs is 2. The number of thiophene rings is 1. The van der Waals surface area contributed by atoms with Crippen molar-refractivity contribution >= 4 is 69.4 Å². The number of nitrogens with one attached hydrogen (secondary N) is 3. The number of H-pyrrole nitrogens is 1. The highest BCUT2D eigenvalue weighted by Crippen LogP contribution is 2.35. The maximum Gasteiger partial charge on any atom is 0.261 e. The Balaban J connectivity index is 1.28. The molecule has 1 aliphatic rings. The molecular weight excluding hydrogens is 549 g/mol. The fourth-order valence-electron chi connectivity index (χ4n) is 4.36. The molecule has 194 valence electrons. The molecule has 1 aliphatic heterocycles. The molecule has 3 N–H and O–H groups in total. The molecule has 2 aromatic heterocycles. The third kappa shape index (κ3) is 5.15. The quantitative estimate of drug-likeness (QED) is 0.291. The van der Waals surface area contributed by atoms with Crippen LogP contribution in [0.2, 0.25) is 10.0 Å². The normalized spacial score (nSPS) is 13.6. The lowest BCUT2D eigenvalue weighted by atomic mass is 9.96. The number of halogens is 2. The average molecular weight is 570 g/mol. The van der Waals surface area contributed by atoms with Crippen LogP contribution in [0.25, 0.3) is 10.9 Å². The topological polar surface area (TPSA) is 124 Å². The molecule has 38 heavy (non-hydrogen) atoms.